The van der Waals surface area contributed by atoms with Crippen LogP contribution in [-0.4, -0.2) is 38.1 Å². The van der Waals surface area contributed by atoms with Crippen molar-refractivity contribution in [3.63, 3.8) is 0 Å². The molecular formula is C22H18N6O2. The standard InChI is InChI=1S/C22H18N6O2/c1-28(14-5-6-16-13(11-14)7-9-23-16)20-8-10-24-22(27-20)26-18-4-2-3-17-15(18)12-19(25-17)21(29)30/h2-12,23,25H,1H3,(H,29,30)(H,24,26,27). The molecule has 0 saturated heterocycles. The number of carboxylic acid groups (broad SMARTS) is 1. The maximum atomic E-state index is 11.3. The van der Waals surface area contributed by atoms with Crippen LogP contribution in [0.2, 0.25) is 0 Å². The Morgan fingerprint density at radius 2 is 2.00 bits per heavy atom. The van der Waals surface area contributed by atoms with Crippen LogP contribution >= 0.6 is 0 Å². The van der Waals surface area contributed by atoms with Gasteiger partial charge >= 0.3 is 5.97 Å². The molecule has 0 bridgehead atoms. The number of rotatable bonds is 5. The van der Waals surface area contributed by atoms with E-state index in [0.29, 0.717) is 5.95 Å². The Hall–Kier alpha value is -4.33. The summed E-state index contributed by atoms with van der Waals surface area (Å²) in [6, 6.07) is 17.2. The van der Waals surface area contributed by atoms with Crippen molar-refractivity contribution in [3.8, 4) is 0 Å². The number of carboxylic acids is 1. The van der Waals surface area contributed by atoms with Gasteiger partial charge in [0.1, 0.15) is 11.5 Å². The molecule has 0 amide bonds. The zero-order chi connectivity index (χ0) is 20.7. The summed E-state index contributed by atoms with van der Waals surface area (Å²) < 4.78 is 0. The van der Waals surface area contributed by atoms with Crippen LogP contribution in [-0.2, 0) is 0 Å². The molecule has 148 valence electrons. The van der Waals surface area contributed by atoms with Crippen LogP contribution in [0.15, 0.2) is 67.0 Å². The second-order valence-corrected chi connectivity index (χ2v) is 6.93. The summed E-state index contributed by atoms with van der Waals surface area (Å²) in [6.07, 6.45) is 3.61. The molecular weight excluding hydrogens is 380 g/mol. The summed E-state index contributed by atoms with van der Waals surface area (Å²) in [4.78, 5) is 28.3. The van der Waals surface area contributed by atoms with Crippen molar-refractivity contribution in [2.24, 2.45) is 0 Å². The summed E-state index contributed by atoms with van der Waals surface area (Å²) in [7, 11) is 1.95. The lowest BCUT2D eigenvalue weighted by Crippen LogP contribution is -2.12. The summed E-state index contributed by atoms with van der Waals surface area (Å²) in [5, 5.41) is 14.3. The van der Waals surface area contributed by atoms with Gasteiger partial charge in [0.25, 0.3) is 0 Å². The zero-order valence-corrected chi connectivity index (χ0v) is 16.0. The first-order chi connectivity index (χ1) is 14.6. The van der Waals surface area contributed by atoms with E-state index in [2.05, 4.69) is 31.3 Å². The Morgan fingerprint density at radius 3 is 2.87 bits per heavy atom. The highest BCUT2D eigenvalue weighted by Gasteiger charge is 2.12. The van der Waals surface area contributed by atoms with E-state index < -0.39 is 5.97 Å². The molecule has 8 nitrogen and oxygen atoms in total. The highest BCUT2D eigenvalue weighted by atomic mass is 16.4. The number of carbonyl (C=O) groups is 1. The van der Waals surface area contributed by atoms with Crippen LogP contribution < -0.4 is 10.2 Å². The molecule has 8 heteroatoms. The molecule has 0 radical (unpaired) electrons. The number of fused-ring (bicyclic) bond motifs is 2. The highest BCUT2D eigenvalue weighted by molar-refractivity contribution is 5.99. The Kier molecular flexibility index (Phi) is 4.10. The number of hydrogen-bond donors (Lipinski definition) is 4. The largest absolute Gasteiger partial charge is 0.477 e. The van der Waals surface area contributed by atoms with E-state index in [1.54, 1.807) is 12.3 Å². The number of aromatic carboxylic acids is 1. The third-order valence-electron chi connectivity index (χ3n) is 5.05. The predicted octanol–water partition coefficient (Wildman–Crippen LogP) is 4.65. The minimum atomic E-state index is -1.00. The summed E-state index contributed by atoms with van der Waals surface area (Å²) in [5.74, 6) is 0.152. The molecule has 0 unspecified atom stereocenters. The van der Waals surface area contributed by atoms with Crippen LogP contribution in [0.4, 0.5) is 23.1 Å². The van der Waals surface area contributed by atoms with Gasteiger partial charge in [0, 0.05) is 46.9 Å². The molecule has 5 rings (SSSR count). The number of H-pyrrole nitrogens is 2. The summed E-state index contributed by atoms with van der Waals surface area (Å²) in [6.45, 7) is 0. The average Bonchev–Trinajstić information content (AvgIpc) is 3.40. The van der Waals surface area contributed by atoms with Crippen molar-refractivity contribution in [2.75, 3.05) is 17.3 Å². The molecule has 0 fully saturated rings. The molecule has 3 aromatic heterocycles. The zero-order valence-electron chi connectivity index (χ0n) is 16.0. The van der Waals surface area contributed by atoms with Crippen molar-refractivity contribution in [3.05, 3.63) is 72.7 Å². The lowest BCUT2D eigenvalue weighted by atomic mass is 10.2. The van der Waals surface area contributed by atoms with Gasteiger partial charge in [0.15, 0.2) is 0 Å². The smallest absolute Gasteiger partial charge is 0.352 e. The van der Waals surface area contributed by atoms with Crippen LogP contribution in [0.3, 0.4) is 0 Å². The maximum Gasteiger partial charge on any atom is 0.352 e. The van der Waals surface area contributed by atoms with Gasteiger partial charge in [-0.2, -0.15) is 4.98 Å². The fourth-order valence-electron chi connectivity index (χ4n) is 3.48. The van der Waals surface area contributed by atoms with Crippen LogP contribution in [0, 0.1) is 0 Å². The molecule has 0 spiro atoms. The number of hydrogen-bond acceptors (Lipinski definition) is 5. The lowest BCUT2D eigenvalue weighted by molar-refractivity contribution is 0.0691. The molecule has 0 atom stereocenters. The van der Waals surface area contributed by atoms with Gasteiger partial charge in [-0.15, -0.1) is 0 Å². The second kappa shape index (κ2) is 6.93. The molecule has 0 aliphatic rings. The minimum Gasteiger partial charge on any atom is -0.477 e. The van der Waals surface area contributed by atoms with Crippen LogP contribution in [0.1, 0.15) is 10.5 Å². The number of nitrogens with one attached hydrogen (secondary N) is 3. The number of anilines is 4. The van der Waals surface area contributed by atoms with Crippen molar-refractivity contribution < 1.29 is 9.90 Å². The van der Waals surface area contributed by atoms with E-state index >= 15 is 0 Å². The Morgan fingerprint density at radius 1 is 1.10 bits per heavy atom. The van der Waals surface area contributed by atoms with Gasteiger partial charge in [-0.25, -0.2) is 9.78 Å². The molecule has 0 aliphatic carbocycles. The quantitative estimate of drug-likeness (QED) is 0.343. The van der Waals surface area contributed by atoms with Gasteiger partial charge in [-0.1, -0.05) is 6.07 Å². The van der Waals surface area contributed by atoms with Crippen molar-refractivity contribution >= 4 is 50.9 Å². The molecule has 30 heavy (non-hydrogen) atoms. The molecule has 0 aliphatic heterocycles. The van der Waals surface area contributed by atoms with Crippen molar-refractivity contribution in [1.82, 2.24) is 19.9 Å². The number of nitrogens with zero attached hydrogens (tertiary/aromatic N) is 3. The van der Waals surface area contributed by atoms with E-state index in [1.807, 2.05) is 60.6 Å². The Bertz CT molecular complexity index is 1390. The van der Waals surface area contributed by atoms with Crippen LogP contribution in [0.25, 0.3) is 21.8 Å². The fraction of sp³-hybridized carbons (Fsp3) is 0.0455. The second-order valence-electron chi connectivity index (χ2n) is 6.93. The van der Waals surface area contributed by atoms with E-state index in [0.717, 1.165) is 39.0 Å². The van der Waals surface area contributed by atoms with Gasteiger partial charge < -0.3 is 25.3 Å². The number of benzene rings is 2. The Balaban J connectivity index is 1.46. The normalized spacial score (nSPS) is 11.1. The molecule has 5 aromatic rings. The molecule has 0 saturated carbocycles. The predicted molar refractivity (Wildman–Crippen MR) is 117 cm³/mol. The van der Waals surface area contributed by atoms with Gasteiger partial charge in [-0.3, -0.25) is 0 Å². The third kappa shape index (κ3) is 3.10. The van der Waals surface area contributed by atoms with E-state index in [9.17, 15) is 9.90 Å². The van der Waals surface area contributed by atoms with Gasteiger partial charge in [0.05, 0.1) is 5.69 Å². The van der Waals surface area contributed by atoms with Gasteiger partial charge in [-0.05, 0) is 48.5 Å². The first-order valence-corrected chi connectivity index (χ1v) is 9.34. The third-order valence-corrected chi connectivity index (χ3v) is 5.05. The topological polar surface area (TPSA) is 110 Å². The van der Waals surface area contributed by atoms with E-state index in [4.69, 9.17) is 0 Å². The van der Waals surface area contributed by atoms with E-state index in [1.165, 1.54) is 0 Å². The SMILES string of the molecule is CN(c1ccc2[nH]ccc2c1)c1ccnc(Nc2cccc3[nH]c(C(=O)O)cc23)n1. The van der Waals surface area contributed by atoms with Crippen molar-refractivity contribution in [1.29, 1.82) is 0 Å². The van der Waals surface area contributed by atoms with Gasteiger partial charge in [0.2, 0.25) is 5.95 Å². The molecule has 2 aromatic carbocycles. The summed E-state index contributed by atoms with van der Waals surface area (Å²) in [5.41, 5.74) is 3.67. The lowest BCUT2D eigenvalue weighted by Gasteiger charge is -2.19. The van der Waals surface area contributed by atoms with Crippen LogP contribution in [0.5, 0.6) is 0 Å². The number of aromatic amines is 2. The fourth-order valence-corrected chi connectivity index (χ4v) is 3.48. The summed E-state index contributed by atoms with van der Waals surface area (Å²) >= 11 is 0. The highest BCUT2D eigenvalue weighted by Crippen LogP contribution is 2.29. The average molecular weight is 398 g/mol. The van der Waals surface area contributed by atoms with Crippen molar-refractivity contribution in [2.45, 2.75) is 0 Å². The maximum absolute atomic E-state index is 11.3. The molecule has 4 N–H and O–H groups in total. The first-order valence-electron chi connectivity index (χ1n) is 9.34. The minimum absolute atomic E-state index is 0.133. The first kappa shape index (κ1) is 17.7. The molecule has 3 heterocycles. The number of aromatic nitrogens is 4. The van der Waals surface area contributed by atoms with E-state index in [-0.39, 0.29) is 5.69 Å². The monoisotopic (exact) mass is 398 g/mol. The Labute approximate surface area is 171 Å².